The van der Waals surface area contributed by atoms with E-state index in [1.165, 1.54) is 4.90 Å². The first-order valence-electron chi connectivity index (χ1n) is 8.01. The fourth-order valence-electron chi connectivity index (χ4n) is 2.99. The summed E-state index contributed by atoms with van der Waals surface area (Å²) in [4.78, 5) is 14.0. The summed E-state index contributed by atoms with van der Waals surface area (Å²) >= 11 is 5.94. The highest BCUT2D eigenvalue weighted by Crippen LogP contribution is 2.36. The van der Waals surface area contributed by atoms with E-state index in [4.69, 9.17) is 11.6 Å². The third-order valence-corrected chi connectivity index (χ3v) is 5.93. The van der Waals surface area contributed by atoms with Crippen molar-refractivity contribution >= 4 is 33.2 Å². The molecule has 0 atom stereocenters. The van der Waals surface area contributed by atoms with Crippen molar-refractivity contribution in [2.24, 2.45) is 0 Å². The molecule has 1 amide bonds. The smallest absolute Gasteiger partial charge is 0.341 e. The molecular weight excluding hydrogens is 393 g/mol. The number of hydrogen-bond acceptors (Lipinski definition) is 3. The molecule has 0 bridgehead atoms. The summed E-state index contributed by atoms with van der Waals surface area (Å²) in [5, 5.41) is -0.181. The van der Waals surface area contributed by atoms with Gasteiger partial charge < -0.3 is 4.90 Å². The first kappa shape index (κ1) is 20.8. The Morgan fingerprint density at radius 1 is 1.27 bits per heavy atom. The molecule has 0 N–H and O–H groups in total. The number of nitrogens with zero attached hydrogens (tertiary/aromatic N) is 2. The van der Waals surface area contributed by atoms with Crippen LogP contribution in [-0.4, -0.2) is 45.1 Å². The molecule has 0 aromatic heterocycles. The third kappa shape index (κ3) is 4.82. The van der Waals surface area contributed by atoms with E-state index in [9.17, 15) is 26.4 Å². The van der Waals surface area contributed by atoms with Crippen molar-refractivity contribution in [1.82, 2.24) is 4.90 Å². The van der Waals surface area contributed by atoms with Crippen molar-refractivity contribution in [2.75, 3.05) is 24.2 Å². The molecule has 0 heterocycles. The van der Waals surface area contributed by atoms with Crippen LogP contribution in [-0.2, 0) is 21.0 Å². The minimum Gasteiger partial charge on any atom is -0.341 e. The normalized spacial score (nSPS) is 15.9. The number of hydrogen-bond donors (Lipinski definition) is 0. The van der Waals surface area contributed by atoms with Gasteiger partial charge in [0.15, 0.2) is 0 Å². The van der Waals surface area contributed by atoms with Gasteiger partial charge in [0, 0.05) is 13.1 Å². The van der Waals surface area contributed by atoms with Gasteiger partial charge in [-0.3, -0.25) is 9.10 Å². The van der Waals surface area contributed by atoms with Crippen molar-refractivity contribution in [1.29, 1.82) is 0 Å². The summed E-state index contributed by atoms with van der Waals surface area (Å²) < 4.78 is 63.8. The largest absolute Gasteiger partial charge is 0.416 e. The van der Waals surface area contributed by atoms with E-state index in [-0.39, 0.29) is 16.8 Å². The lowest BCUT2D eigenvalue weighted by Crippen LogP contribution is -2.44. The summed E-state index contributed by atoms with van der Waals surface area (Å²) in [5.41, 5.74) is -1.40. The number of alkyl halides is 3. The van der Waals surface area contributed by atoms with Gasteiger partial charge in [-0.1, -0.05) is 24.4 Å². The molecule has 0 spiro atoms. The summed E-state index contributed by atoms with van der Waals surface area (Å²) in [7, 11) is -2.44. The van der Waals surface area contributed by atoms with E-state index in [1.807, 2.05) is 0 Å². The van der Waals surface area contributed by atoms with Crippen molar-refractivity contribution in [3.8, 4) is 0 Å². The first-order chi connectivity index (χ1) is 11.9. The molecule has 1 aromatic rings. The molecule has 0 saturated heterocycles. The van der Waals surface area contributed by atoms with E-state index in [2.05, 4.69) is 0 Å². The molecule has 26 heavy (non-hydrogen) atoms. The van der Waals surface area contributed by atoms with Gasteiger partial charge in [-0.2, -0.15) is 13.2 Å². The van der Waals surface area contributed by atoms with Crippen LogP contribution in [0.15, 0.2) is 18.2 Å². The Balaban J connectivity index is 2.35. The molecule has 1 aliphatic rings. The van der Waals surface area contributed by atoms with Crippen LogP contribution in [0.4, 0.5) is 18.9 Å². The van der Waals surface area contributed by atoms with E-state index in [0.29, 0.717) is 10.4 Å². The predicted octanol–water partition coefficient (Wildman–Crippen LogP) is 3.53. The number of anilines is 1. The average molecular weight is 413 g/mol. The summed E-state index contributed by atoms with van der Waals surface area (Å²) in [6.45, 7) is -0.604. The average Bonchev–Trinajstić information content (AvgIpc) is 3.04. The second-order valence-electron chi connectivity index (χ2n) is 6.38. The molecule has 1 fully saturated rings. The zero-order valence-corrected chi connectivity index (χ0v) is 16.0. The lowest BCUT2D eigenvalue weighted by atomic mass is 10.2. The molecule has 0 unspecified atom stereocenters. The topological polar surface area (TPSA) is 57.7 Å². The summed E-state index contributed by atoms with van der Waals surface area (Å²) in [5.74, 6) is -0.490. The number of amides is 1. The zero-order valence-electron chi connectivity index (χ0n) is 14.4. The Bertz CT molecular complexity index is 777. The van der Waals surface area contributed by atoms with Crippen LogP contribution in [0.1, 0.15) is 31.2 Å². The zero-order chi connectivity index (χ0) is 19.7. The first-order valence-corrected chi connectivity index (χ1v) is 10.2. The fraction of sp³-hybridized carbons (Fsp3) is 0.562. The van der Waals surface area contributed by atoms with Gasteiger partial charge in [0.25, 0.3) is 0 Å². The fourth-order valence-corrected chi connectivity index (χ4v) is 4.11. The molecule has 0 radical (unpaired) electrons. The van der Waals surface area contributed by atoms with Gasteiger partial charge in [-0.25, -0.2) is 8.42 Å². The van der Waals surface area contributed by atoms with Crippen LogP contribution in [0.5, 0.6) is 0 Å². The number of rotatable bonds is 5. The summed E-state index contributed by atoms with van der Waals surface area (Å²) in [6.07, 6.45) is -0.217. The molecule has 1 saturated carbocycles. The molecular formula is C16H20ClF3N2O3S. The predicted molar refractivity (Wildman–Crippen MR) is 93.7 cm³/mol. The van der Waals surface area contributed by atoms with E-state index in [0.717, 1.165) is 44.1 Å². The van der Waals surface area contributed by atoms with Crippen molar-refractivity contribution in [3.05, 3.63) is 28.8 Å². The quantitative estimate of drug-likeness (QED) is 0.743. The monoisotopic (exact) mass is 412 g/mol. The minimum atomic E-state index is -4.66. The van der Waals surface area contributed by atoms with Gasteiger partial charge in [0.2, 0.25) is 15.9 Å². The van der Waals surface area contributed by atoms with E-state index >= 15 is 0 Å². The number of halogens is 4. The number of carbonyl (C=O) groups is 1. The summed E-state index contributed by atoms with van der Waals surface area (Å²) in [6, 6.07) is 2.40. The Labute approximate surface area is 155 Å². The Kier molecular flexibility index (Phi) is 6.12. The van der Waals surface area contributed by atoms with Crippen molar-refractivity contribution in [3.63, 3.8) is 0 Å². The van der Waals surface area contributed by atoms with Crippen LogP contribution < -0.4 is 4.31 Å². The molecule has 0 aliphatic heterocycles. The van der Waals surface area contributed by atoms with E-state index in [1.54, 1.807) is 7.05 Å². The maximum atomic E-state index is 13.0. The number of benzene rings is 1. The SMILES string of the molecule is CN(C(=O)CN(c1cc(C(F)(F)F)ccc1Cl)S(C)(=O)=O)C1CCCC1. The molecule has 10 heteroatoms. The van der Waals surface area contributed by atoms with Crippen molar-refractivity contribution < 1.29 is 26.4 Å². The van der Waals surface area contributed by atoms with Crippen LogP contribution >= 0.6 is 11.6 Å². The highest BCUT2D eigenvalue weighted by molar-refractivity contribution is 7.92. The lowest BCUT2D eigenvalue weighted by Gasteiger charge is -2.29. The second kappa shape index (κ2) is 7.64. The molecule has 2 rings (SSSR count). The van der Waals surface area contributed by atoms with E-state index < -0.39 is 34.2 Å². The molecule has 5 nitrogen and oxygen atoms in total. The molecule has 1 aliphatic carbocycles. The minimum absolute atomic E-state index is 0.0147. The second-order valence-corrected chi connectivity index (χ2v) is 8.69. The Morgan fingerprint density at radius 3 is 2.35 bits per heavy atom. The Morgan fingerprint density at radius 2 is 1.85 bits per heavy atom. The van der Waals surface area contributed by atoms with Crippen LogP contribution in [0.2, 0.25) is 5.02 Å². The number of carbonyl (C=O) groups excluding carboxylic acids is 1. The Hall–Kier alpha value is -1.48. The van der Waals surface area contributed by atoms with Crippen LogP contribution in [0.3, 0.4) is 0 Å². The standard InChI is InChI=1S/C16H20ClF3N2O3S/c1-21(12-5-3-4-6-12)15(23)10-22(26(2,24)25)14-9-11(16(18,19)20)7-8-13(14)17/h7-9,12H,3-6,10H2,1-2H3. The highest BCUT2D eigenvalue weighted by atomic mass is 35.5. The van der Waals surface area contributed by atoms with Gasteiger partial charge in [-0.05, 0) is 31.0 Å². The van der Waals surface area contributed by atoms with Gasteiger partial charge >= 0.3 is 6.18 Å². The third-order valence-electron chi connectivity index (χ3n) is 4.49. The number of sulfonamides is 1. The number of likely N-dealkylation sites (N-methyl/N-ethyl adjacent to an activating group) is 1. The van der Waals surface area contributed by atoms with Crippen LogP contribution in [0, 0.1) is 0 Å². The van der Waals surface area contributed by atoms with Gasteiger partial charge in [0.1, 0.15) is 6.54 Å². The highest BCUT2D eigenvalue weighted by Gasteiger charge is 2.34. The molecule has 1 aromatic carbocycles. The maximum absolute atomic E-state index is 13.0. The molecule has 146 valence electrons. The van der Waals surface area contributed by atoms with Gasteiger partial charge in [-0.15, -0.1) is 0 Å². The lowest BCUT2D eigenvalue weighted by molar-refractivity contribution is -0.137. The van der Waals surface area contributed by atoms with Crippen LogP contribution in [0.25, 0.3) is 0 Å². The maximum Gasteiger partial charge on any atom is 0.416 e. The van der Waals surface area contributed by atoms with Crippen molar-refractivity contribution in [2.45, 2.75) is 37.9 Å². The van der Waals surface area contributed by atoms with Gasteiger partial charge in [0.05, 0.1) is 22.5 Å².